The Kier molecular flexibility index (Phi) is 5.06. The lowest BCUT2D eigenvalue weighted by atomic mass is 10.1. The number of nitrogens with zero attached hydrogens (tertiary/aromatic N) is 3. The number of aromatic nitrogens is 3. The molecule has 20 heavy (non-hydrogen) atoms. The van der Waals surface area contributed by atoms with Gasteiger partial charge in [0.25, 0.3) is 0 Å². The summed E-state index contributed by atoms with van der Waals surface area (Å²) < 4.78 is 0.932. The number of nitrogens with one attached hydrogen (secondary N) is 1. The third kappa shape index (κ3) is 3.15. The number of hydrogen-bond donors (Lipinski definition) is 1. The minimum Gasteiger partial charge on any atom is -0.369 e. The van der Waals surface area contributed by atoms with E-state index in [4.69, 9.17) is 0 Å². The number of anilines is 1. The quantitative estimate of drug-likeness (QED) is 0.897. The Balaban J connectivity index is 2.49. The zero-order valence-corrected chi connectivity index (χ0v) is 13.7. The van der Waals surface area contributed by atoms with Gasteiger partial charge in [-0.1, -0.05) is 13.8 Å². The largest absolute Gasteiger partial charge is 0.369 e. The summed E-state index contributed by atoms with van der Waals surface area (Å²) in [6, 6.07) is 1.98. The molecule has 0 aliphatic heterocycles. The first kappa shape index (κ1) is 14.9. The minimum atomic E-state index is 0.753. The van der Waals surface area contributed by atoms with Crippen LogP contribution in [0.2, 0.25) is 0 Å². The molecule has 0 aromatic carbocycles. The van der Waals surface area contributed by atoms with Crippen LogP contribution in [-0.4, -0.2) is 21.5 Å². The molecule has 0 unspecified atom stereocenters. The minimum absolute atomic E-state index is 0.753. The van der Waals surface area contributed by atoms with Gasteiger partial charge in [-0.3, -0.25) is 4.98 Å². The molecule has 0 saturated carbocycles. The number of rotatable bonds is 5. The molecule has 2 rings (SSSR count). The predicted octanol–water partition coefficient (Wildman–Crippen LogP) is 3.99. The maximum absolute atomic E-state index is 4.65. The van der Waals surface area contributed by atoms with Gasteiger partial charge in [0.1, 0.15) is 5.82 Å². The van der Waals surface area contributed by atoms with Crippen LogP contribution in [0.5, 0.6) is 0 Å². The van der Waals surface area contributed by atoms with E-state index in [9.17, 15) is 0 Å². The molecule has 2 aromatic heterocycles. The van der Waals surface area contributed by atoms with Crippen molar-refractivity contribution in [2.45, 2.75) is 33.6 Å². The summed E-state index contributed by atoms with van der Waals surface area (Å²) in [5.41, 5.74) is 3.15. The second-order valence-corrected chi connectivity index (χ2v) is 5.40. The van der Waals surface area contributed by atoms with Crippen molar-refractivity contribution in [2.24, 2.45) is 0 Å². The van der Waals surface area contributed by atoms with Crippen molar-refractivity contribution in [3.8, 4) is 11.4 Å². The average Bonchev–Trinajstić information content (AvgIpc) is 2.48. The summed E-state index contributed by atoms with van der Waals surface area (Å²) in [5, 5.41) is 3.34. The highest BCUT2D eigenvalue weighted by Gasteiger charge is 2.12. The van der Waals surface area contributed by atoms with Crippen LogP contribution in [-0.2, 0) is 6.42 Å². The molecular formula is C15H19BrN4. The zero-order valence-electron chi connectivity index (χ0n) is 12.1. The lowest BCUT2D eigenvalue weighted by molar-refractivity contribution is 0.957. The van der Waals surface area contributed by atoms with Crippen molar-refractivity contribution in [3.63, 3.8) is 0 Å². The van der Waals surface area contributed by atoms with E-state index in [1.54, 1.807) is 6.20 Å². The van der Waals surface area contributed by atoms with E-state index in [2.05, 4.69) is 50.0 Å². The van der Waals surface area contributed by atoms with Crippen molar-refractivity contribution < 1.29 is 0 Å². The van der Waals surface area contributed by atoms with Crippen LogP contribution >= 0.6 is 15.9 Å². The fourth-order valence-electron chi connectivity index (χ4n) is 1.97. The fraction of sp³-hybridized carbons (Fsp3) is 0.400. The Labute approximate surface area is 128 Å². The van der Waals surface area contributed by atoms with Gasteiger partial charge in [-0.25, -0.2) is 9.97 Å². The highest BCUT2D eigenvalue weighted by Crippen LogP contribution is 2.28. The molecule has 106 valence electrons. The summed E-state index contributed by atoms with van der Waals surface area (Å²) in [6.45, 7) is 7.13. The van der Waals surface area contributed by atoms with E-state index in [1.165, 1.54) is 0 Å². The third-order valence-corrected chi connectivity index (χ3v) is 4.03. The van der Waals surface area contributed by atoms with Gasteiger partial charge in [0.05, 0.1) is 10.2 Å². The number of halogens is 1. The molecule has 0 aliphatic carbocycles. The van der Waals surface area contributed by atoms with Gasteiger partial charge < -0.3 is 5.32 Å². The van der Waals surface area contributed by atoms with Gasteiger partial charge >= 0.3 is 0 Å². The van der Waals surface area contributed by atoms with E-state index in [1.807, 2.05) is 19.2 Å². The standard InChI is InChI=1S/C15H19BrN4/c1-4-7-18-15-13(16)10(3)19-14(20-15)12-6-8-17-9-11(12)5-2/h6,8-9H,4-5,7H2,1-3H3,(H,18,19,20). The second kappa shape index (κ2) is 6.79. The van der Waals surface area contributed by atoms with Gasteiger partial charge in [0.15, 0.2) is 5.82 Å². The lowest BCUT2D eigenvalue weighted by Gasteiger charge is -2.12. The second-order valence-electron chi connectivity index (χ2n) is 4.61. The van der Waals surface area contributed by atoms with E-state index in [0.717, 1.165) is 52.3 Å². The normalized spacial score (nSPS) is 10.6. The number of hydrogen-bond acceptors (Lipinski definition) is 4. The van der Waals surface area contributed by atoms with Crippen LogP contribution in [0, 0.1) is 6.92 Å². The number of pyridine rings is 1. The van der Waals surface area contributed by atoms with Crippen LogP contribution in [0.4, 0.5) is 5.82 Å². The smallest absolute Gasteiger partial charge is 0.162 e. The summed E-state index contributed by atoms with van der Waals surface area (Å²) >= 11 is 3.55. The molecule has 2 aromatic rings. The average molecular weight is 335 g/mol. The monoisotopic (exact) mass is 334 g/mol. The van der Waals surface area contributed by atoms with Gasteiger partial charge in [0.2, 0.25) is 0 Å². The van der Waals surface area contributed by atoms with Crippen LogP contribution in [0.3, 0.4) is 0 Å². The summed E-state index contributed by atoms with van der Waals surface area (Å²) in [5.74, 6) is 1.61. The summed E-state index contributed by atoms with van der Waals surface area (Å²) in [6.07, 6.45) is 5.64. The first-order valence-corrected chi connectivity index (χ1v) is 7.67. The Bertz CT molecular complexity index is 598. The number of aryl methyl sites for hydroxylation is 2. The van der Waals surface area contributed by atoms with Gasteiger partial charge in [-0.2, -0.15) is 0 Å². The Morgan fingerprint density at radius 1 is 1.25 bits per heavy atom. The predicted molar refractivity (Wildman–Crippen MR) is 85.9 cm³/mol. The summed E-state index contributed by atoms with van der Waals surface area (Å²) in [4.78, 5) is 13.4. The molecule has 0 spiro atoms. The van der Waals surface area contributed by atoms with Crippen molar-refractivity contribution in [1.29, 1.82) is 0 Å². The van der Waals surface area contributed by atoms with Crippen LogP contribution < -0.4 is 5.32 Å². The Morgan fingerprint density at radius 3 is 2.75 bits per heavy atom. The molecule has 0 amide bonds. The molecule has 0 saturated heterocycles. The molecule has 0 fully saturated rings. The Hall–Kier alpha value is -1.49. The van der Waals surface area contributed by atoms with E-state index in [0.29, 0.717) is 0 Å². The SMILES string of the molecule is CCCNc1nc(-c2ccncc2CC)nc(C)c1Br. The topological polar surface area (TPSA) is 50.7 Å². The van der Waals surface area contributed by atoms with E-state index < -0.39 is 0 Å². The highest BCUT2D eigenvalue weighted by atomic mass is 79.9. The maximum Gasteiger partial charge on any atom is 0.162 e. The highest BCUT2D eigenvalue weighted by molar-refractivity contribution is 9.10. The molecule has 5 heteroatoms. The van der Waals surface area contributed by atoms with Crippen molar-refractivity contribution in [2.75, 3.05) is 11.9 Å². The maximum atomic E-state index is 4.65. The third-order valence-electron chi connectivity index (χ3n) is 3.08. The Morgan fingerprint density at radius 2 is 2.05 bits per heavy atom. The molecule has 0 radical (unpaired) electrons. The van der Waals surface area contributed by atoms with Crippen LogP contribution in [0.25, 0.3) is 11.4 Å². The molecule has 4 nitrogen and oxygen atoms in total. The first-order chi connectivity index (χ1) is 9.67. The van der Waals surface area contributed by atoms with Gasteiger partial charge in [-0.05, 0) is 47.3 Å². The van der Waals surface area contributed by atoms with Crippen LogP contribution in [0.1, 0.15) is 31.5 Å². The first-order valence-electron chi connectivity index (χ1n) is 6.88. The molecular weight excluding hydrogens is 316 g/mol. The molecule has 1 N–H and O–H groups in total. The molecule has 0 aliphatic rings. The van der Waals surface area contributed by atoms with Crippen molar-refractivity contribution >= 4 is 21.7 Å². The lowest BCUT2D eigenvalue weighted by Crippen LogP contribution is -2.06. The van der Waals surface area contributed by atoms with Crippen molar-refractivity contribution in [3.05, 3.63) is 34.2 Å². The van der Waals surface area contributed by atoms with E-state index in [-0.39, 0.29) is 0 Å². The van der Waals surface area contributed by atoms with Gasteiger partial charge in [-0.15, -0.1) is 0 Å². The molecule has 0 bridgehead atoms. The molecule has 2 heterocycles. The zero-order chi connectivity index (χ0) is 14.5. The van der Waals surface area contributed by atoms with Crippen LogP contribution in [0.15, 0.2) is 22.9 Å². The summed E-state index contributed by atoms with van der Waals surface area (Å²) in [7, 11) is 0. The molecule has 0 atom stereocenters. The van der Waals surface area contributed by atoms with Gasteiger partial charge in [0, 0.05) is 24.5 Å². The van der Waals surface area contributed by atoms with E-state index >= 15 is 0 Å². The fourth-order valence-corrected chi connectivity index (χ4v) is 2.28. The van der Waals surface area contributed by atoms with Crippen molar-refractivity contribution in [1.82, 2.24) is 15.0 Å².